The molecule has 76 valence electrons. The molecular formula is C8H11N3O3. The molecule has 0 aliphatic carbocycles. The van der Waals surface area contributed by atoms with Crippen LogP contribution in [-0.2, 0) is 0 Å². The van der Waals surface area contributed by atoms with Crippen molar-refractivity contribution in [2.45, 2.75) is 0 Å². The fraction of sp³-hybridized carbons (Fsp3) is 0.250. The van der Waals surface area contributed by atoms with Crippen molar-refractivity contribution in [3.63, 3.8) is 0 Å². The molecule has 1 aromatic heterocycles. The molecule has 14 heavy (non-hydrogen) atoms. The number of ether oxygens (including phenoxy) is 2. The predicted molar refractivity (Wildman–Crippen MR) is 50.5 cm³/mol. The molecule has 1 rings (SSSR count). The number of nitrogens with two attached hydrogens (primary N) is 1. The summed E-state index contributed by atoms with van der Waals surface area (Å²) in [7, 11) is 2.93. The molecule has 0 unspecified atom stereocenters. The first kappa shape index (κ1) is 10.1. The first-order valence-electron chi connectivity index (χ1n) is 3.83. The van der Waals surface area contributed by atoms with Crippen molar-refractivity contribution in [2.24, 2.45) is 5.73 Å². The van der Waals surface area contributed by atoms with Crippen molar-refractivity contribution in [2.75, 3.05) is 19.5 Å². The molecule has 2 amide bonds. The van der Waals surface area contributed by atoms with Gasteiger partial charge in [0.05, 0.1) is 14.2 Å². The van der Waals surface area contributed by atoms with Crippen LogP contribution in [0.15, 0.2) is 12.1 Å². The van der Waals surface area contributed by atoms with Crippen LogP contribution in [0.2, 0.25) is 0 Å². The van der Waals surface area contributed by atoms with Crippen LogP contribution in [0.4, 0.5) is 10.5 Å². The van der Waals surface area contributed by atoms with E-state index in [9.17, 15) is 4.79 Å². The fourth-order valence-electron chi connectivity index (χ4n) is 0.921. The summed E-state index contributed by atoms with van der Waals surface area (Å²) < 4.78 is 9.81. The van der Waals surface area contributed by atoms with Crippen molar-refractivity contribution >= 4 is 11.7 Å². The molecule has 0 atom stereocenters. The smallest absolute Gasteiger partial charge is 0.316 e. The van der Waals surface area contributed by atoms with Gasteiger partial charge in [-0.3, -0.25) is 0 Å². The van der Waals surface area contributed by atoms with Crippen LogP contribution in [0.1, 0.15) is 0 Å². The molecular weight excluding hydrogens is 186 g/mol. The number of nitrogens with zero attached hydrogens (tertiary/aromatic N) is 1. The van der Waals surface area contributed by atoms with Gasteiger partial charge < -0.3 is 20.5 Å². The zero-order chi connectivity index (χ0) is 10.6. The Labute approximate surface area is 81.0 Å². The number of primary amides is 1. The second-order valence-electron chi connectivity index (χ2n) is 2.40. The number of hydrogen-bond acceptors (Lipinski definition) is 4. The van der Waals surface area contributed by atoms with Crippen molar-refractivity contribution in [1.29, 1.82) is 0 Å². The van der Waals surface area contributed by atoms with E-state index in [2.05, 4.69) is 10.3 Å². The van der Waals surface area contributed by atoms with E-state index in [0.29, 0.717) is 11.6 Å². The molecule has 0 bridgehead atoms. The van der Waals surface area contributed by atoms with Gasteiger partial charge in [0.15, 0.2) is 0 Å². The van der Waals surface area contributed by atoms with Gasteiger partial charge in [-0.1, -0.05) is 0 Å². The van der Waals surface area contributed by atoms with E-state index in [1.54, 1.807) is 12.1 Å². The van der Waals surface area contributed by atoms with Gasteiger partial charge in [-0.2, -0.15) is 4.98 Å². The Morgan fingerprint density at radius 3 is 2.64 bits per heavy atom. The van der Waals surface area contributed by atoms with Gasteiger partial charge in [0, 0.05) is 6.07 Å². The second-order valence-corrected chi connectivity index (χ2v) is 2.40. The topological polar surface area (TPSA) is 86.5 Å². The monoisotopic (exact) mass is 197 g/mol. The average molecular weight is 197 g/mol. The predicted octanol–water partition coefficient (Wildman–Crippen LogP) is 0.589. The number of pyridine rings is 1. The molecule has 6 nitrogen and oxygen atoms in total. The number of hydrogen-bond donors (Lipinski definition) is 2. The highest BCUT2D eigenvalue weighted by Gasteiger charge is 2.07. The van der Waals surface area contributed by atoms with Crippen LogP contribution in [-0.4, -0.2) is 25.2 Å². The van der Waals surface area contributed by atoms with E-state index in [1.165, 1.54) is 14.2 Å². The summed E-state index contributed by atoms with van der Waals surface area (Å²) in [6.45, 7) is 0. The molecule has 0 radical (unpaired) electrons. The Hall–Kier alpha value is -1.98. The highest BCUT2D eigenvalue weighted by atomic mass is 16.5. The van der Waals surface area contributed by atoms with Gasteiger partial charge in [0.1, 0.15) is 5.69 Å². The maximum Gasteiger partial charge on any atom is 0.316 e. The summed E-state index contributed by atoms with van der Waals surface area (Å²) in [5, 5.41) is 2.37. The van der Waals surface area contributed by atoms with E-state index >= 15 is 0 Å². The normalized spacial score (nSPS) is 9.29. The SMILES string of the molecule is COc1ccc(NC(N)=O)c(OC)n1. The van der Waals surface area contributed by atoms with Crippen molar-refractivity contribution < 1.29 is 14.3 Å². The van der Waals surface area contributed by atoms with Crippen molar-refractivity contribution in [3.8, 4) is 11.8 Å². The number of urea groups is 1. The lowest BCUT2D eigenvalue weighted by molar-refractivity contribution is 0.259. The third-order valence-electron chi connectivity index (χ3n) is 1.50. The first-order valence-corrected chi connectivity index (χ1v) is 3.83. The van der Waals surface area contributed by atoms with Crippen LogP contribution in [0.25, 0.3) is 0 Å². The Morgan fingerprint density at radius 1 is 1.43 bits per heavy atom. The Kier molecular flexibility index (Phi) is 3.11. The van der Waals surface area contributed by atoms with E-state index in [1.807, 2.05) is 0 Å². The fourth-order valence-corrected chi connectivity index (χ4v) is 0.921. The number of anilines is 1. The van der Waals surface area contributed by atoms with Crippen LogP contribution < -0.4 is 20.5 Å². The van der Waals surface area contributed by atoms with Gasteiger partial charge in [0.25, 0.3) is 0 Å². The molecule has 6 heteroatoms. The maximum atomic E-state index is 10.6. The van der Waals surface area contributed by atoms with E-state index < -0.39 is 6.03 Å². The lowest BCUT2D eigenvalue weighted by Crippen LogP contribution is -2.19. The molecule has 0 spiro atoms. The largest absolute Gasteiger partial charge is 0.481 e. The van der Waals surface area contributed by atoms with Crippen molar-refractivity contribution in [3.05, 3.63) is 12.1 Å². The molecule has 0 aromatic carbocycles. The molecule has 0 fully saturated rings. The van der Waals surface area contributed by atoms with Gasteiger partial charge in [0.2, 0.25) is 11.8 Å². The second kappa shape index (κ2) is 4.31. The van der Waals surface area contributed by atoms with Gasteiger partial charge in [-0.05, 0) is 6.07 Å². The Morgan fingerprint density at radius 2 is 2.14 bits per heavy atom. The number of carbonyl (C=O) groups is 1. The highest BCUT2D eigenvalue weighted by Crippen LogP contribution is 2.24. The van der Waals surface area contributed by atoms with Gasteiger partial charge >= 0.3 is 6.03 Å². The minimum Gasteiger partial charge on any atom is -0.481 e. The summed E-state index contributed by atoms with van der Waals surface area (Å²) in [5.74, 6) is 0.653. The third-order valence-corrected chi connectivity index (χ3v) is 1.50. The molecule has 3 N–H and O–H groups in total. The zero-order valence-electron chi connectivity index (χ0n) is 7.90. The quantitative estimate of drug-likeness (QED) is 0.742. The third kappa shape index (κ3) is 2.25. The van der Waals surface area contributed by atoms with Crippen LogP contribution in [0.5, 0.6) is 11.8 Å². The van der Waals surface area contributed by atoms with Gasteiger partial charge in [-0.15, -0.1) is 0 Å². The standard InChI is InChI=1S/C8H11N3O3/c1-13-6-4-3-5(10-8(9)12)7(11-6)14-2/h3-4H,1-2H3,(H3,9,10,12). The van der Waals surface area contributed by atoms with Crippen LogP contribution in [0.3, 0.4) is 0 Å². The minimum absolute atomic E-state index is 0.253. The minimum atomic E-state index is -0.671. The number of methoxy groups -OCH3 is 2. The maximum absolute atomic E-state index is 10.6. The molecule has 0 aliphatic rings. The molecule has 0 saturated heterocycles. The average Bonchev–Trinajstić information content (AvgIpc) is 2.17. The lowest BCUT2D eigenvalue weighted by atomic mass is 10.4. The summed E-state index contributed by atoms with van der Waals surface area (Å²) in [6.07, 6.45) is 0. The highest BCUT2D eigenvalue weighted by molar-refractivity contribution is 5.89. The number of aromatic nitrogens is 1. The Balaban J connectivity index is 2.98. The summed E-state index contributed by atoms with van der Waals surface area (Å²) >= 11 is 0. The van der Waals surface area contributed by atoms with Crippen LogP contribution >= 0.6 is 0 Å². The lowest BCUT2D eigenvalue weighted by Gasteiger charge is -2.08. The summed E-state index contributed by atoms with van der Waals surface area (Å²) in [5.41, 5.74) is 5.36. The molecule has 1 heterocycles. The van der Waals surface area contributed by atoms with Crippen LogP contribution in [0, 0.1) is 0 Å². The Bertz CT molecular complexity index is 341. The summed E-state index contributed by atoms with van der Waals surface area (Å²) in [6, 6.07) is 2.51. The number of nitrogens with one attached hydrogen (secondary N) is 1. The molecule has 0 aliphatic heterocycles. The number of carbonyl (C=O) groups excluding carboxylic acids is 1. The van der Waals surface area contributed by atoms with Gasteiger partial charge in [-0.25, -0.2) is 4.79 Å². The molecule has 0 saturated carbocycles. The number of rotatable bonds is 3. The summed E-state index contributed by atoms with van der Waals surface area (Å²) in [4.78, 5) is 14.5. The van der Waals surface area contributed by atoms with E-state index in [-0.39, 0.29) is 5.88 Å². The zero-order valence-corrected chi connectivity index (χ0v) is 7.90. The first-order chi connectivity index (χ1) is 6.67. The van der Waals surface area contributed by atoms with E-state index in [4.69, 9.17) is 15.2 Å². The number of amides is 2. The van der Waals surface area contributed by atoms with Crippen molar-refractivity contribution in [1.82, 2.24) is 4.98 Å². The van der Waals surface area contributed by atoms with E-state index in [0.717, 1.165) is 0 Å². The molecule has 1 aromatic rings.